The van der Waals surface area contributed by atoms with Gasteiger partial charge in [0.15, 0.2) is 0 Å². The molecule has 4 nitrogen and oxygen atoms in total. The number of nitrogens with zero attached hydrogens (tertiary/aromatic N) is 2. The Kier molecular flexibility index (Phi) is 4.98. The maximum atomic E-state index is 6.11. The van der Waals surface area contributed by atoms with E-state index in [1.807, 2.05) is 42.6 Å². The van der Waals surface area contributed by atoms with Gasteiger partial charge in [0.25, 0.3) is 0 Å². The molecule has 4 rings (SSSR count). The summed E-state index contributed by atoms with van der Waals surface area (Å²) >= 11 is 6.11. The lowest BCUT2D eigenvalue weighted by atomic mass is 10.2. The Morgan fingerprint density at radius 2 is 2.00 bits per heavy atom. The van der Waals surface area contributed by atoms with Crippen LogP contribution in [0.4, 0.5) is 0 Å². The Labute approximate surface area is 158 Å². The number of hydrogen-bond donors (Lipinski definition) is 0. The van der Waals surface area contributed by atoms with Gasteiger partial charge in [0, 0.05) is 41.8 Å². The van der Waals surface area contributed by atoms with Gasteiger partial charge in [0.1, 0.15) is 12.0 Å². The summed E-state index contributed by atoms with van der Waals surface area (Å²) in [7, 11) is 1.68. The summed E-state index contributed by atoms with van der Waals surface area (Å²) in [6.07, 6.45) is 4.13. The van der Waals surface area contributed by atoms with Crippen molar-refractivity contribution in [2.24, 2.45) is 0 Å². The highest BCUT2D eigenvalue weighted by molar-refractivity contribution is 6.30. The number of benzene rings is 2. The predicted octanol–water partition coefficient (Wildman–Crippen LogP) is 4.67. The summed E-state index contributed by atoms with van der Waals surface area (Å²) in [5.74, 6) is 0.876. The van der Waals surface area contributed by atoms with E-state index in [0.29, 0.717) is 0 Å². The summed E-state index contributed by atoms with van der Waals surface area (Å²) in [5.41, 5.74) is 3.44. The molecule has 26 heavy (non-hydrogen) atoms. The van der Waals surface area contributed by atoms with E-state index < -0.39 is 0 Å². The van der Waals surface area contributed by atoms with Crippen molar-refractivity contribution >= 4 is 11.6 Å². The van der Waals surface area contributed by atoms with E-state index in [9.17, 15) is 0 Å². The summed E-state index contributed by atoms with van der Waals surface area (Å²) < 4.78 is 13.3. The van der Waals surface area contributed by atoms with Gasteiger partial charge in [0.2, 0.25) is 0 Å². The lowest BCUT2D eigenvalue weighted by Crippen LogP contribution is -2.23. The van der Waals surface area contributed by atoms with Gasteiger partial charge in [-0.15, -0.1) is 0 Å². The van der Waals surface area contributed by atoms with Crippen molar-refractivity contribution in [2.75, 3.05) is 20.3 Å². The van der Waals surface area contributed by atoms with Gasteiger partial charge in [-0.1, -0.05) is 29.8 Å². The highest BCUT2D eigenvalue weighted by atomic mass is 35.5. The molecule has 0 spiro atoms. The van der Waals surface area contributed by atoms with E-state index >= 15 is 0 Å². The van der Waals surface area contributed by atoms with Crippen molar-refractivity contribution in [3.8, 4) is 11.4 Å². The van der Waals surface area contributed by atoms with E-state index in [0.717, 1.165) is 41.7 Å². The SMILES string of the molecule is COc1ccc(CN2CCO[C@@H]2c2ccn(-c3cccc(Cl)c3)c2)cc1. The molecule has 5 heteroatoms. The van der Waals surface area contributed by atoms with Crippen molar-refractivity contribution in [1.29, 1.82) is 0 Å². The lowest BCUT2D eigenvalue weighted by molar-refractivity contribution is 0.0288. The Morgan fingerprint density at radius 3 is 2.77 bits per heavy atom. The molecule has 0 aliphatic carbocycles. The van der Waals surface area contributed by atoms with E-state index in [-0.39, 0.29) is 6.23 Å². The van der Waals surface area contributed by atoms with Crippen molar-refractivity contribution in [3.05, 3.63) is 83.1 Å². The Hall–Kier alpha value is -2.27. The summed E-state index contributed by atoms with van der Waals surface area (Å²) in [5, 5.41) is 0.732. The average molecular weight is 369 g/mol. The van der Waals surface area contributed by atoms with E-state index in [1.54, 1.807) is 7.11 Å². The average Bonchev–Trinajstić information content (AvgIpc) is 3.31. The summed E-state index contributed by atoms with van der Waals surface area (Å²) in [6.45, 7) is 2.50. The van der Waals surface area contributed by atoms with Gasteiger partial charge in [0.05, 0.1) is 13.7 Å². The Bertz CT molecular complexity index is 876. The fourth-order valence-electron chi connectivity index (χ4n) is 3.30. The van der Waals surface area contributed by atoms with Crippen LogP contribution in [0.1, 0.15) is 17.4 Å². The smallest absolute Gasteiger partial charge is 0.138 e. The third-order valence-corrected chi connectivity index (χ3v) is 4.87. The lowest BCUT2D eigenvalue weighted by Gasteiger charge is -2.22. The minimum Gasteiger partial charge on any atom is -0.497 e. The van der Waals surface area contributed by atoms with Crippen molar-refractivity contribution in [1.82, 2.24) is 9.47 Å². The summed E-state index contributed by atoms with van der Waals surface area (Å²) in [6, 6.07) is 18.1. The molecule has 2 aromatic carbocycles. The van der Waals surface area contributed by atoms with Crippen LogP contribution in [0.5, 0.6) is 5.75 Å². The Balaban J connectivity index is 1.51. The molecule has 0 radical (unpaired) electrons. The monoisotopic (exact) mass is 368 g/mol. The van der Waals surface area contributed by atoms with Crippen LogP contribution < -0.4 is 4.74 Å². The molecule has 1 aliphatic heterocycles. The quantitative estimate of drug-likeness (QED) is 0.654. The molecule has 1 atom stereocenters. The molecule has 0 N–H and O–H groups in total. The summed E-state index contributed by atoms with van der Waals surface area (Å²) in [4.78, 5) is 2.35. The molecular formula is C21H21ClN2O2. The van der Waals surface area contributed by atoms with Gasteiger partial charge in [-0.25, -0.2) is 0 Å². The van der Waals surface area contributed by atoms with Gasteiger partial charge in [-0.2, -0.15) is 0 Å². The minimum atomic E-state index is -0.0301. The Morgan fingerprint density at radius 1 is 1.15 bits per heavy atom. The van der Waals surface area contributed by atoms with Crippen LogP contribution in [0.3, 0.4) is 0 Å². The largest absolute Gasteiger partial charge is 0.497 e. The number of aromatic nitrogens is 1. The maximum absolute atomic E-state index is 6.11. The van der Waals surface area contributed by atoms with Crippen LogP contribution in [0.25, 0.3) is 5.69 Å². The van der Waals surface area contributed by atoms with Crippen LogP contribution in [-0.2, 0) is 11.3 Å². The number of halogens is 1. The fourth-order valence-corrected chi connectivity index (χ4v) is 3.48. The third kappa shape index (κ3) is 3.63. The highest BCUT2D eigenvalue weighted by Gasteiger charge is 2.27. The predicted molar refractivity (Wildman–Crippen MR) is 103 cm³/mol. The second kappa shape index (κ2) is 7.54. The molecule has 0 saturated carbocycles. The molecule has 1 fully saturated rings. The van der Waals surface area contributed by atoms with Crippen LogP contribution in [0, 0.1) is 0 Å². The van der Waals surface area contributed by atoms with Crippen molar-refractivity contribution in [3.63, 3.8) is 0 Å². The molecule has 1 aromatic heterocycles. The fraction of sp³-hybridized carbons (Fsp3) is 0.238. The second-order valence-electron chi connectivity index (χ2n) is 6.37. The van der Waals surface area contributed by atoms with Gasteiger partial charge in [-0.05, 0) is 42.0 Å². The molecule has 1 aliphatic rings. The number of hydrogen-bond acceptors (Lipinski definition) is 3. The molecule has 0 amide bonds. The molecular weight excluding hydrogens is 348 g/mol. The zero-order valence-electron chi connectivity index (χ0n) is 14.6. The normalized spacial score (nSPS) is 17.5. The van der Waals surface area contributed by atoms with E-state index in [2.05, 4.69) is 33.9 Å². The first kappa shape index (κ1) is 17.2. The number of rotatable bonds is 5. The second-order valence-corrected chi connectivity index (χ2v) is 6.81. The molecule has 134 valence electrons. The first-order valence-electron chi connectivity index (χ1n) is 8.65. The molecule has 0 bridgehead atoms. The zero-order valence-corrected chi connectivity index (χ0v) is 15.4. The van der Waals surface area contributed by atoms with E-state index in [1.165, 1.54) is 5.56 Å². The van der Waals surface area contributed by atoms with Gasteiger partial charge < -0.3 is 14.0 Å². The zero-order chi connectivity index (χ0) is 17.9. The topological polar surface area (TPSA) is 26.6 Å². The van der Waals surface area contributed by atoms with Crippen LogP contribution in [0.15, 0.2) is 67.0 Å². The minimum absolute atomic E-state index is 0.0301. The standard InChI is InChI=1S/C21H21ClN2O2/c1-25-20-7-5-16(6-8-20)14-24-11-12-26-21(24)17-9-10-23(15-17)19-4-2-3-18(22)13-19/h2-10,13,15,21H,11-12,14H2,1H3/t21-/m1/s1. The maximum Gasteiger partial charge on any atom is 0.138 e. The van der Waals surface area contributed by atoms with Crippen LogP contribution >= 0.6 is 11.6 Å². The van der Waals surface area contributed by atoms with Gasteiger partial charge in [-0.3, -0.25) is 4.90 Å². The van der Waals surface area contributed by atoms with E-state index in [4.69, 9.17) is 21.1 Å². The number of methoxy groups -OCH3 is 1. The van der Waals surface area contributed by atoms with Crippen molar-refractivity contribution < 1.29 is 9.47 Å². The third-order valence-electron chi connectivity index (χ3n) is 4.64. The van der Waals surface area contributed by atoms with Crippen LogP contribution in [-0.4, -0.2) is 29.7 Å². The molecule has 3 aromatic rings. The molecule has 2 heterocycles. The first-order chi connectivity index (χ1) is 12.7. The van der Waals surface area contributed by atoms with Crippen molar-refractivity contribution in [2.45, 2.75) is 12.8 Å². The molecule has 0 unspecified atom stereocenters. The van der Waals surface area contributed by atoms with Crippen LogP contribution in [0.2, 0.25) is 5.02 Å². The van der Waals surface area contributed by atoms with Gasteiger partial charge >= 0.3 is 0 Å². The first-order valence-corrected chi connectivity index (χ1v) is 9.03. The highest BCUT2D eigenvalue weighted by Crippen LogP contribution is 2.30. The number of ether oxygens (including phenoxy) is 2. The molecule has 1 saturated heterocycles.